The monoisotopic (exact) mass is 329 g/mol. The van der Waals surface area contributed by atoms with Crippen LogP contribution in [0.1, 0.15) is 26.2 Å². The highest BCUT2D eigenvalue weighted by atomic mass is 32.2. The highest BCUT2D eigenvalue weighted by Gasteiger charge is 2.32. The van der Waals surface area contributed by atoms with Crippen LogP contribution in [0.15, 0.2) is 34.1 Å². The molecule has 1 aliphatic carbocycles. The Morgan fingerprint density at radius 3 is 2.38 bits per heavy atom. The van der Waals surface area contributed by atoms with Gasteiger partial charge < -0.3 is 5.32 Å². The van der Waals surface area contributed by atoms with Gasteiger partial charge in [0.1, 0.15) is 0 Å². The zero-order valence-electron chi connectivity index (χ0n) is 12.5. The minimum absolute atomic E-state index is 0.270. The fraction of sp³-hybridized carbons (Fsp3) is 0.600. The van der Waals surface area contributed by atoms with Crippen molar-refractivity contribution in [2.24, 2.45) is 5.92 Å². The van der Waals surface area contributed by atoms with Crippen LogP contribution < -0.4 is 5.32 Å². The molecule has 0 amide bonds. The number of nitrogens with one attached hydrogen (secondary N) is 1. The van der Waals surface area contributed by atoms with Crippen LogP contribution in [-0.4, -0.2) is 37.2 Å². The second-order valence-corrected chi connectivity index (χ2v) is 9.17. The molecule has 1 N–H and O–H groups in total. The van der Waals surface area contributed by atoms with Crippen molar-refractivity contribution in [3.05, 3.63) is 24.3 Å². The molecule has 0 aliphatic heterocycles. The van der Waals surface area contributed by atoms with Crippen LogP contribution in [0.5, 0.6) is 0 Å². The molecule has 1 aromatic carbocycles. The van der Waals surface area contributed by atoms with Gasteiger partial charge in [-0.05, 0) is 56.0 Å². The summed E-state index contributed by atoms with van der Waals surface area (Å²) >= 11 is 0. The smallest absolute Gasteiger partial charge is 0.175 e. The molecule has 0 bridgehead atoms. The van der Waals surface area contributed by atoms with Gasteiger partial charge >= 0.3 is 0 Å². The van der Waals surface area contributed by atoms with Gasteiger partial charge in [0.05, 0.1) is 15.7 Å². The second kappa shape index (κ2) is 7.03. The van der Waals surface area contributed by atoms with E-state index in [0.717, 1.165) is 13.0 Å². The molecule has 0 heterocycles. The molecule has 0 spiro atoms. The van der Waals surface area contributed by atoms with Gasteiger partial charge in [0.15, 0.2) is 9.84 Å². The summed E-state index contributed by atoms with van der Waals surface area (Å²) in [6, 6.07) is 6.70. The Labute approximate surface area is 129 Å². The standard InChI is InChI=1S/C15H23NO3S2/c1-3-10-16-15(12-4-5-12)11-20(17)13-6-8-14(9-7-13)21(2,18)19/h6-9,12,15-16H,3-5,10-11H2,1-2H3. The first-order chi connectivity index (χ1) is 9.91. The molecule has 0 aromatic heterocycles. The third-order valence-electron chi connectivity index (χ3n) is 3.69. The number of sulfone groups is 1. The second-order valence-electron chi connectivity index (χ2n) is 5.65. The zero-order valence-corrected chi connectivity index (χ0v) is 14.2. The lowest BCUT2D eigenvalue weighted by Gasteiger charge is -2.17. The van der Waals surface area contributed by atoms with Crippen molar-refractivity contribution in [2.75, 3.05) is 18.6 Å². The average Bonchev–Trinajstić information content (AvgIpc) is 3.27. The SMILES string of the molecule is CCCNC(CS(=O)c1ccc(S(C)(=O)=O)cc1)C1CC1. The fourth-order valence-corrected chi connectivity index (χ4v) is 4.27. The first-order valence-electron chi connectivity index (χ1n) is 7.33. The van der Waals surface area contributed by atoms with Gasteiger partial charge in [-0.3, -0.25) is 4.21 Å². The first kappa shape index (κ1) is 16.6. The van der Waals surface area contributed by atoms with Crippen molar-refractivity contribution in [1.29, 1.82) is 0 Å². The number of benzene rings is 1. The van der Waals surface area contributed by atoms with E-state index < -0.39 is 20.6 Å². The summed E-state index contributed by atoms with van der Waals surface area (Å²) in [5.41, 5.74) is 0. The molecular weight excluding hydrogens is 306 g/mol. The lowest BCUT2D eigenvalue weighted by Crippen LogP contribution is -2.36. The predicted molar refractivity (Wildman–Crippen MR) is 85.6 cm³/mol. The average molecular weight is 329 g/mol. The van der Waals surface area contributed by atoms with Crippen molar-refractivity contribution in [3.63, 3.8) is 0 Å². The van der Waals surface area contributed by atoms with Crippen LogP contribution in [0.3, 0.4) is 0 Å². The molecule has 0 saturated heterocycles. The largest absolute Gasteiger partial charge is 0.313 e. The Bertz CT molecular complexity index is 592. The van der Waals surface area contributed by atoms with Crippen LogP contribution >= 0.6 is 0 Å². The molecule has 2 rings (SSSR count). The minimum Gasteiger partial charge on any atom is -0.313 e. The van der Waals surface area contributed by atoms with Crippen LogP contribution in [0.25, 0.3) is 0 Å². The molecule has 1 saturated carbocycles. The zero-order chi connectivity index (χ0) is 15.5. The molecule has 1 fully saturated rings. The maximum atomic E-state index is 12.4. The van der Waals surface area contributed by atoms with E-state index >= 15 is 0 Å². The van der Waals surface area contributed by atoms with E-state index in [9.17, 15) is 12.6 Å². The Morgan fingerprint density at radius 1 is 1.29 bits per heavy atom. The Hall–Kier alpha value is -0.720. The van der Waals surface area contributed by atoms with Gasteiger partial charge in [0.2, 0.25) is 0 Å². The van der Waals surface area contributed by atoms with Crippen molar-refractivity contribution in [2.45, 2.75) is 42.0 Å². The summed E-state index contributed by atoms with van der Waals surface area (Å²) in [7, 11) is -4.28. The van der Waals surface area contributed by atoms with Crippen LogP contribution in [0, 0.1) is 5.92 Å². The molecule has 21 heavy (non-hydrogen) atoms. The quantitative estimate of drug-likeness (QED) is 0.792. The summed E-state index contributed by atoms with van der Waals surface area (Å²) in [6.45, 7) is 3.07. The van der Waals surface area contributed by atoms with Crippen molar-refractivity contribution < 1.29 is 12.6 Å². The van der Waals surface area contributed by atoms with E-state index in [1.54, 1.807) is 12.1 Å². The van der Waals surface area contributed by atoms with Gasteiger partial charge in [0.25, 0.3) is 0 Å². The number of rotatable bonds is 8. The fourth-order valence-electron chi connectivity index (χ4n) is 2.29. The highest BCUT2D eigenvalue weighted by molar-refractivity contribution is 7.90. The van der Waals surface area contributed by atoms with Crippen LogP contribution in [0.2, 0.25) is 0 Å². The third-order valence-corrected chi connectivity index (χ3v) is 6.28. The maximum absolute atomic E-state index is 12.4. The van der Waals surface area contributed by atoms with E-state index in [1.807, 2.05) is 0 Å². The van der Waals surface area contributed by atoms with E-state index in [0.29, 0.717) is 22.6 Å². The van der Waals surface area contributed by atoms with Crippen molar-refractivity contribution in [1.82, 2.24) is 5.32 Å². The summed E-state index contributed by atoms with van der Waals surface area (Å²) in [5, 5.41) is 3.48. The lowest BCUT2D eigenvalue weighted by atomic mass is 10.2. The first-order valence-corrected chi connectivity index (χ1v) is 10.5. The van der Waals surface area contributed by atoms with Crippen molar-refractivity contribution in [3.8, 4) is 0 Å². The Kier molecular flexibility index (Phi) is 5.57. The maximum Gasteiger partial charge on any atom is 0.175 e. The van der Waals surface area contributed by atoms with E-state index in [4.69, 9.17) is 0 Å². The molecule has 0 radical (unpaired) electrons. The van der Waals surface area contributed by atoms with Gasteiger partial charge in [-0.1, -0.05) is 6.92 Å². The molecule has 4 nitrogen and oxygen atoms in total. The highest BCUT2D eigenvalue weighted by Crippen LogP contribution is 2.33. The van der Waals surface area contributed by atoms with Crippen molar-refractivity contribution >= 4 is 20.6 Å². The van der Waals surface area contributed by atoms with Gasteiger partial charge in [0, 0.05) is 22.9 Å². The van der Waals surface area contributed by atoms with E-state index in [-0.39, 0.29) is 4.90 Å². The lowest BCUT2D eigenvalue weighted by molar-refractivity contribution is 0.498. The number of hydrogen-bond donors (Lipinski definition) is 1. The normalized spacial score (nSPS) is 18.4. The minimum atomic E-state index is -3.20. The van der Waals surface area contributed by atoms with E-state index in [1.165, 1.54) is 31.2 Å². The number of hydrogen-bond acceptors (Lipinski definition) is 4. The molecule has 118 valence electrons. The van der Waals surface area contributed by atoms with Crippen LogP contribution in [-0.2, 0) is 20.6 Å². The summed E-state index contributed by atoms with van der Waals surface area (Å²) in [4.78, 5) is 0.970. The van der Waals surface area contributed by atoms with Crippen LogP contribution in [0.4, 0.5) is 0 Å². The molecule has 2 unspecified atom stereocenters. The van der Waals surface area contributed by atoms with Gasteiger partial charge in [-0.25, -0.2) is 8.42 Å². The summed E-state index contributed by atoms with van der Waals surface area (Å²) < 4.78 is 35.3. The topological polar surface area (TPSA) is 63.2 Å². The molecule has 2 atom stereocenters. The molecule has 1 aromatic rings. The third kappa shape index (κ3) is 4.90. The molecular formula is C15H23NO3S2. The molecule has 1 aliphatic rings. The van der Waals surface area contributed by atoms with Gasteiger partial charge in [-0.15, -0.1) is 0 Å². The van der Waals surface area contributed by atoms with Gasteiger partial charge in [-0.2, -0.15) is 0 Å². The summed E-state index contributed by atoms with van der Waals surface area (Å²) in [5.74, 6) is 1.25. The predicted octanol–water partition coefficient (Wildman–Crippen LogP) is 1.98. The Morgan fingerprint density at radius 2 is 1.90 bits per heavy atom. The summed E-state index contributed by atoms with van der Waals surface area (Å²) in [6.07, 6.45) is 4.67. The molecule has 6 heteroatoms. The van der Waals surface area contributed by atoms with E-state index in [2.05, 4.69) is 12.2 Å². The Balaban J connectivity index is 2.02.